The van der Waals surface area contributed by atoms with Gasteiger partial charge in [0, 0.05) is 12.7 Å². The van der Waals surface area contributed by atoms with Gasteiger partial charge in [0.2, 0.25) is 0 Å². The van der Waals surface area contributed by atoms with Crippen molar-refractivity contribution < 1.29 is 0 Å². The molecule has 0 saturated carbocycles. The van der Waals surface area contributed by atoms with Crippen molar-refractivity contribution in [1.29, 1.82) is 0 Å². The van der Waals surface area contributed by atoms with Crippen molar-refractivity contribution in [2.45, 2.75) is 59.4 Å². The van der Waals surface area contributed by atoms with E-state index in [1.165, 1.54) is 32.1 Å². The van der Waals surface area contributed by atoms with Crippen molar-refractivity contribution >= 4 is 23.4 Å². The van der Waals surface area contributed by atoms with Gasteiger partial charge in [-0.3, -0.25) is 0 Å². The first-order chi connectivity index (χ1) is 9.58. The molecule has 0 aliphatic heterocycles. The molecule has 0 atom stereocenters. The highest BCUT2D eigenvalue weighted by Crippen LogP contribution is 2.15. The van der Waals surface area contributed by atoms with Gasteiger partial charge in [0.15, 0.2) is 10.4 Å². The Morgan fingerprint density at radius 1 is 1.25 bits per heavy atom. The summed E-state index contributed by atoms with van der Waals surface area (Å²) in [6.45, 7) is 7.60. The van der Waals surface area contributed by atoms with Gasteiger partial charge in [-0.15, -0.1) is 0 Å². The minimum atomic E-state index is 0.792. The second-order valence-electron chi connectivity index (χ2n) is 6.06. The number of nitrogens with zero attached hydrogens (tertiary/aromatic N) is 2. The number of unbranched alkanes of at least 4 members (excludes halogenated alkanes) is 3. The number of aromatic nitrogens is 3. The second kappa shape index (κ2) is 7.02. The molecule has 20 heavy (non-hydrogen) atoms. The van der Waals surface area contributed by atoms with Crippen LogP contribution in [0.5, 0.6) is 0 Å². The van der Waals surface area contributed by atoms with E-state index in [0.717, 1.165) is 34.0 Å². The molecule has 4 heteroatoms. The fourth-order valence-electron chi connectivity index (χ4n) is 2.53. The zero-order valence-corrected chi connectivity index (χ0v) is 13.6. The van der Waals surface area contributed by atoms with E-state index in [2.05, 4.69) is 41.4 Å². The number of fused-ring (bicyclic) bond motifs is 1. The molecule has 2 rings (SSSR count). The summed E-state index contributed by atoms with van der Waals surface area (Å²) in [7, 11) is 0. The lowest BCUT2D eigenvalue weighted by Gasteiger charge is -2.06. The fourth-order valence-corrected chi connectivity index (χ4v) is 2.82. The average Bonchev–Trinajstić information content (AvgIpc) is 2.68. The molecule has 2 heterocycles. The van der Waals surface area contributed by atoms with Gasteiger partial charge in [-0.05, 0) is 43.1 Å². The number of H-pyrrole nitrogens is 1. The van der Waals surface area contributed by atoms with Crippen LogP contribution in [0.2, 0.25) is 0 Å². The van der Waals surface area contributed by atoms with Gasteiger partial charge >= 0.3 is 0 Å². The molecule has 2 aromatic heterocycles. The summed E-state index contributed by atoms with van der Waals surface area (Å²) in [6.07, 6.45) is 8.36. The Bertz CT molecular complexity index is 610. The van der Waals surface area contributed by atoms with E-state index in [1.807, 2.05) is 6.20 Å². The lowest BCUT2D eigenvalue weighted by molar-refractivity contribution is 0.506. The molecular formula is C16H25N3S. The molecule has 0 amide bonds. The van der Waals surface area contributed by atoms with E-state index in [0.29, 0.717) is 0 Å². The first-order valence-corrected chi connectivity index (χ1v) is 8.04. The van der Waals surface area contributed by atoms with E-state index in [-0.39, 0.29) is 0 Å². The van der Waals surface area contributed by atoms with Gasteiger partial charge < -0.3 is 9.55 Å². The van der Waals surface area contributed by atoms with Crippen molar-refractivity contribution in [2.24, 2.45) is 5.92 Å². The van der Waals surface area contributed by atoms with Gasteiger partial charge in [-0.25, -0.2) is 4.98 Å². The van der Waals surface area contributed by atoms with Crippen LogP contribution in [0, 0.1) is 17.6 Å². The van der Waals surface area contributed by atoms with Crippen molar-refractivity contribution in [3.8, 4) is 0 Å². The summed E-state index contributed by atoms with van der Waals surface area (Å²) in [5, 5.41) is 0. The number of aryl methyl sites for hydroxylation is 2. The standard InChI is InChI=1S/C16H25N3S/c1-12(2)8-6-4-5-7-9-19-15-14(18-16(19)20)10-13(3)11-17-15/h10-12H,4-9H2,1-3H3,(H,18,20). The molecule has 0 saturated heterocycles. The van der Waals surface area contributed by atoms with Crippen LogP contribution >= 0.6 is 12.2 Å². The van der Waals surface area contributed by atoms with E-state index in [1.54, 1.807) is 0 Å². The van der Waals surface area contributed by atoms with Gasteiger partial charge in [0.1, 0.15) is 0 Å². The van der Waals surface area contributed by atoms with Crippen molar-refractivity contribution in [3.63, 3.8) is 0 Å². The Hall–Kier alpha value is -1.16. The monoisotopic (exact) mass is 291 g/mol. The number of hydrogen-bond donors (Lipinski definition) is 1. The molecule has 0 fully saturated rings. The summed E-state index contributed by atoms with van der Waals surface area (Å²) >= 11 is 5.40. The molecule has 0 aromatic carbocycles. The molecule has 0 bridgehead atoms. The second-order valence-corrected chi connectivity index (χ2v) is 6.45. The van der Waals surface area contributed by atoms with Crippen LogP contribution in [-0.2, 0) is 6.54 Å². The van der Waals surface area contributed by atoms with Crippen LogP contribution in [0.25, 0.3) is 11.2 Å². The lowest BCUT2D eigenvalue weighted by Crippen LogP contribution is -1.99. The maximum Gasteiger partial charge on any atom is 0.179 e. The first-order valence-electron chi connectivity index (χ1n) is 7.63. The highest BCUT2D eigenvalue weighted by Gasteiger charge is 2.05. The molecule has 0 unspecified atom stereocenters. The Morgan fingerprint density at radius 2 is 2.00 bits per heavy atom. The van der Waals surface area contributed by atoms with Gasteiger partial charge in [-0.2, -0.15) is 0 Å². The maximum absolute atomic E-state index is 5.40. The highest BCUT2D eigenvalue weighted by atomic mass is 32.1. The van der Waals surface area contributed by atoms with Crippen molar-refractivity contribution in [2.75, 3.05) is 0 Å². The quantitative estimate of drug-likeness (QED) is 0.574. The predicted octanol–water partition coefficient (Wildman–Crippen LogP) is 5.01. The van der Waals surface area contributed by atoms with Crippen LogP contribution in [0.4, 0.5) is 0 Å². The van der Waals surface area contributed by atoms with Gasteiger partial charge in [0.25, 0.3) is 0 Å². The van der Waals surface area contributed by atoms with Gasteiger partial charge in [-0.1, -0.05) is 39.5 Å². The van der Waals surface area contributed by atoms with E-state index < -0.39 is 0 Å². The largest absolute Gasteiger partial charge is 0.329 e. The molecule has 110 valence electrons. The average molecular weight is 291 g/mol. The smallest absolute Gasteiger partial charge is 0.179 e. The molecule has 0 aliphatic rings. The maximum atomic E-state index is 5.40. The van der Waals surface area contributed by atoms with Crippen LogP contribution in [0.1, 0.15) is 51.5 Å². The van der Waals surface area contributed by atoms with E-state index in [4.69, 9.17) is 12.2 Å². The summed E-state index contributed by atoms with van der Waals surface area (Å²) < 4.78 is 2.92. The number of nitrogens with one attached hydrogen (secondary N) is 1. The van der Waals surface area contributed by atoms with Crippen molar-refractivity contribution in [3.05, 3.63) is 22.6 Å². The van der Waals surface area contributed by atoms with E-state index >= 15 is 0 Å². The summed E-state index contributed by atoms with van der Waals surface area (Å²) in [6, 6.07) is 2.11. The third-order valence-corrected chi connectivity index (χ3v) is 3.98. The van der Waals surface area contributed by atoms with Crippen LogP contribution in [0.15, 0.2) is 12.3 Å². The van der Waals surface area contributed by atoms with Crippen LogP contribution in [-0.4, -0.2) is 14.5 Å². The minimum absolute atomic E-state index is 0.792. The zero-order chi connectivity index (χ0) is 14.5. The molecule has 3 nitrogen and oxygen atoms in total. The molecule has 0 spiro atoms. The normalized spacial score (nSPS) is 11.6. The Morgan fingerprint density at radius 3 is 2.75 bits per heavy atom. The molecule has 1 N–H and O–H groups in total. The third-order valence-electron chi connectivity index (χ3n) is 3.66. The Balaban J connectivity index is 1.90. The number of imidazole rings is 1. The molecular weight excluding hydrogens is 266 g/mol. The summed E-state index contributed by atoms with van der Waals surface area (Å²) in [5.41, 5.74) is 3.20. The fraction of sp³-hybridized carbons (Fsp3) is 0.625. The highest BCUT2D eigenvalue weighted by molar-refractivity contribution is 7.71. The lowest BCUT2D eigenvalue weighted by atomic mass is 10.0. The predicted molar refractivity (Wildman–Crippen MR) is 87.6 cm³/mol. The number of aromatic amines is 1. The van der Waals surface area contributed by atoms with Crippen LogP contribution in [0.3, 0.4) is 0 Å². The van der Waals surface area contributed by atoms with Crippen LogP contribution < -0.4 is 0 Å². The van der Waals surface area contributed by atoms with E-state index in [9.17, 15) is 0 Å². The Labute approximate surface area is 126 Å². The Kier molecular flexibility index (Phi) is 5.35. The molecule has 0 radical (unpaired) electrons. The topological polar surface area (TPSA) is 33.6 Å². The number of rotatable bonds is 7. The van der Waals surface area contributed by atoms with Gasteiger partial charge in [0.05, 0.1) is 5.52 Å². The molecule has 2 aromatic rings. The minimum Gasteiger partial charge on any atom is -0.329 e. The first kappa shape index (κ1) is 15.2. The van der Waals surface area contributed by atoms with Crippen molar-refractivity contribution in [1.82, 2.24) is 14.5 Å². The SMILES string of the molecule is Cc1cnc2c(c1)[nH]c(=S)n2CCCCCCC(C)C. The number of pyridine rings is 1. The summed E-state index contributed by atoms with van der Waals surface area (Å²) in [4.78, 5) is 7.75. The summed E-state index contributed by atoms with van der Waals surface area (Å²) in [5.74, 6) is 0.824. The zero-order valence-electron chi connectivity index (χ0n) is 12.8. The number of hydrogen-bond acceptors (Lipinski definition) is 2. The molecule has 0 aliphatic carbocycles. The third kappa shape index (κ3) is 3.92.